The highest BCUT2D eigenvalue weighted by atomic mass is 16.3. The van der Waals surface area contributed by atoms with Crippen molar-refractivity contribution in [3.8, 4) is 22.3 Å². The SMILES string of the molecule is c1cc(-c2cc3ccccc3c3ccccc23)cc(N(c2ccc(-c3ccc4ccccc4c3)cc2)c2ccc3c(c2)oc2c4ccccc4ccc32)c1. The molecular weight excluding hydrogens is 655 g/mol. The van der Waals surface area contributed by atoms with Crippen LogP contribution in [0.15, 0.2) is 205 Å². The van der Waals surface area contributed by atoms with Crippen molar-refractivity contribution in [3.63, 3.8) is 0 Å². The zero-order chi connectivity index (χ0) is 35.6. The quantitative estimate of drug-likeness (QED) is 0.168. The minimum Gasteiger partial charge on any atom is -0.455 e. The van der Waals surface area contributed by atoms with Crippen LogP contribution in [-0.2, 0) is 0 Å². The predicted octanol–water partition coefficient (Wildman–Crippen LogP) is 15.0. The van der Waals surface area contributed by atoms with E-state index in [1.807, 2.05) is 0 Å². The van der Waals surface area contributed by atoms with E-state index in [4.69, 9.17) is 4.42 Å². The van der Waals surface area contributed by atoms with Gasteiger partial charge >= 0.3 is 0 Å². The van der Waals surface area contributed by atoms with Crippen molar-refractivity contribution < 1.29 is 4.42 Å². The maximum absolute atomic E-state index is 6.70. The first kappa shape index (κ1) is 30.5. The van der Waals surface area contributed by atoms with Gasteiger partial charge in [0.2, 0.25) is 0 Å². The molecule has 0 aliphatic carbocycles. The second-order valence-electron chi connectivity index (χ2n) is 14.1. The molecule has 0 bridgehead atoms. The zero-order valence-corrected chi connectivity index (χ0v) is 29.4. The Labute approximate surface area is 312 Å². The fourth-order valence-electron chi connectivity index (χ4n) is 8.36. The van der Waals surface area contributed by atoms with Gasteiger partial charge in [0.15, 0.2) is 0 Å². The zero-order valence-electron chi connectivity index (χ0n) is 29.4. The molecule has 2 heteroatoms. The van der Waals surface area contributed by atoms with E-state index in [9.17, 15) is 0 Å². The minimum absolute atomic E-state index is 0.869. The summed E-state index contributed by atoms with van der Waals surface area (Å²) >= 11 is 0. The molecule has 11 aromatic rings. The normalized spacial score (nSPS) is 11.7. The van der Waals surface area contributed by atoms with Gasteiger partial charge in [0, 0.05) is 39.3 Å². The molecule has 0 saturated carbocycles. The van der Waals surface area contributed by atoms with Crippen LogP contribution in [-0.4, -0.2) is 0 Å². The maximum Gasteiger partial charge on any atom is 0.143 e. The number of fused-ring (bicyclic) bond motifs is 9. The van der Waals surface area contributed by atoms with Crippen LogP contribution in [0.1, 0.15) is 0 Å². The molecule has 0 saturated heterocycles. The van der Waals surface area contributed by atoms with Gasteiger partial charge in [0.05, 0.1) is 0 Å². The molecule has 0 spiro atoms. The highest BCUT2D eigenvalue weighted by molar-refractivity contribution is 6.16. The predicted molar refractivity (Wildman–Crippen MR) is 229 cm³/mol. The van der Waals surface area contributed by atoms with Crippen LogP contribution >= 0.6 is 0 Å². The summed E-state index contributed by atoms with van der Waals surface area (Å²) in [5.41, 5.74) is 9.74. The second kappa shape index (κ2) is 12.2. The van der Waals surface area contributed by atoms with Crippen LogP contribution in [0.5, 0.6) is 0 Å². The van der Waals surface area contributed by atoms with E-state index in [0.29, 0.717) is 0 Å². The monoisotopic (exact) mass is 687 g/mol. The fraction of sp³-hybridized carbons (Fsp3) is 0. The largest absolute Gasteiger partial charge is 0.455 e. The second-order valence-corrected chi connectivity index (χ2v) is 14.1. The van der Waals surface area contributed by atoms with Gasteiger partial charge in [-0.25, -0.2) is 0 Å². The van der Waals surface area contributed by atoms with Crippen LogP contribution in [0.2, 0.25) is 0 Å². The van der Waals surface area contributed by atoms with E-state index in [0.717, 1.165) is 44.4 Å². The molecule has 0 unspecified atom stereocenters. The molecule has 0 aliphatic heterocycles. The first-order valence-corrected chi connectivity index (χ1v) is 18.5. The molecule has 1 aromatic heterocycles. The van der Waals surface area contributed by atoms with Gasteiger partial charge < -0.3 is 9.32 Å². The summed E-state index contributed by atoms with van der Waals surface area (Å²) in [4.78, 5) is 2.35. The lowest BCUT2D eigenvalue weighted by atomic mass is 9.93. The molecule has 0 N–H and O–H groups in total. The van der Waals surface area contributed by atoms with Crippen molar-refractivity contribution >= 4 is 82.1 Å². The first-order chi connectivity index (χ1) is 26.7. The Morgan fingerprint density at radius 3 is 1.78 bits per heavy atom. The number of hydrogen-bond acceptors (Lipinski definition) is 2. The lowest BCUT2D eigenvalue weighted by Crippen LogP contribution is -2.10. The van der Waals surface area contributed by atoms with E-state index >= 15 is 0 Å². The molecule has 252 valence electrons. The Morgan fingerprint density at radius 2 is 0.926 bits per heavy atom. The Morgan fingerprint density at radius 1 is 0.296 bits per heavy atom. The summed E-state index contributed by atoms with van der Waals surface area (Å²) in [5, 5.41) is 12.1. The number of hydrogen-bond donors (Lipinski definition) is 0. The Kier molecular flexibility index (Phi) is 6.90. The van der Waals surface area contributed by atoms with E-state index in [1.165, 1.54) is 60.0 Å². The Hall–Kier alpha value is -7.16. The summed E-state index contributed by atoms with van der Waals surface area (Å²) < 4.78 is 6.70. The highest BCUT2D eigenvalue weighted by Crippen LogP contribution is 2.43. The average Bonchev–Trinajstić information content (AvgIpc) is 3.62. The van der Waals surface area contributed by atoms with E-state index in [2.05, 4.69) is 205 Å². The molecule has 0 atom stereocenters. The van der Waals surface area contributed by atoms with Crippen molar-refractivity contribution in [3.05, 3.63) is 200 Å². The van der Waals surface area contributed by atoms with E-state index in [-0.39, 0.29) is 0 Å². The van der Waals surface area contributed by atoms with Gasteiger partial charge in [-0.3, -0.25) is 0 Å². The van der Waals surface area contributed by atoms with Crippen molar-refractivity contribution in [2.45, 2.75) is 0 Å². The van der Waals surface area contributed by atoms with Crippen molar-refractivity contribution in [2.24, 2.45) is 0 Å². The molecule has 1 heterocycles. The van der Waals surface area contributed by atoms with Gasteiger partial charge in [-0.05, 0) is 115 Å². The molecular formula is C52H33NO. The standard InChI is InChI=1S/C52H33NO/c1-2-12-37-30-38(21-20-34(37)10-1)35-22-25-41(26-23-35)53(43-27-29-48-49-28-24-36-11-3-6-17-45(36)52(49)54-51(48)33-43)42-15-9-14-39(31-42)50-32-40-13-4-5-16-44(40)46-18-7-8-19-47(46)50/h1-33H. The smallest absolute Gasteiger partial charge is 0.143 e. The number of benzene rings is 10. The minimum atomic E-state index is 0.869. The van der Waals surface area contributed by atoms with Gasteiger partial charge in [0.25, 0.3) is 0 Å². The van der Waals surface area contributed by atoms with Crippen LogP contribution in [0.4, 0.5) is 17.1 Å². The fourth-order valence-corrected chi connectivity index (χ4v) is 8.36. The van der Waals surface area contributed by atoms with Gasteiger partial charge in [-0.15, -0.1) is 0 Å². The van der Waals surface area contributed by atoms with Crippen molar-refractivity contribution in [1.82, 2.24) is 0 Å². The van der Waals surface area contributed by atoms with E-state index in [1.54, 1.807) is 0 Å². The number of nitrogens with zero attached hydrogens (tertiary/aromatic N) is 1. The third kappa shape index (κ3) is 4.96. The molecule has 0 fully saturated rings. The van der Waals surface area contributed by atoms with Gasteiger partial charge in [0.1, 0.15) is 11.2 Å². The van der Waals surface area contributed by atoms with Crippen molar-refractivity contribution in [1.29, 1.82) is 0 Å². The molecule has 0 radical (unpaired) electrons. The van der Waals surface area contributed by atoms with Gasteiger partial charge in [-0.1, -0.05) is 140 Å². The van der Waals surface area contributed by atoms with Gasteiger partial charge in [-0.2, -0.15) is 0 Å². The molecule has 0 aliphatic rings. The third-order valence-corrected chi connectivity index (χ3v) is 11.0. The molecule has 0 amide bonds. The summed E-state index contributed by atoms with van der Waals surface area (Å²) in [6, 6.07) is 72.3. The van der Waals surface area contributed by atoms with E-state index < -0.39 is 0 Å². The van der Waals surface area contributed by atoms with Crippen LogP contribution in [0.25, 0.3) is 87.3 Å². The number of anilines is 3. The summed E-state index contributed by atoms with van der Waals surface area (Å²) in [6.45, 7) is 0. The van der Waals surface area contributed by atoms with Crippen molar-refractivity contribution in [2.75, 3.05) is 4.90 Å². The maximum atomic E-state index is 6.70. The summed E-state index contributed by atoms with van der Waals surface area (Å²) in [5.74, 6) is 0. The third-order valence-electron chi connectivity index (χ3n) is 11.0. The van der Waals surface area contributed by atoms with Crippen LogP contribution in [0.3, 0.4) is 0 Å². The first-order valence-electron chi connectivity index (χ1n) is 18.5. The lowest BCUT2D eigenvalue weighted by Gasteiger charge is -2.26. The number of furan rings is 1. The molecule has 2 nitrogen and oxygen atoms in total. The highest BCUT2D eigenvalue weighted by Gasteiger charge is 2.18. The number of rotatable bonds is 5. The average molecular weight is 688 g/mol. The Balaban J connectivity index is 1.08. The summed E-state index contributed by atoms with van der Waals surface area (Å²) in [7, 11) is 0. The lowest BCUT2D eigenvalue weighted by molar-refractivity contribution is 0.672. The topological polar surface area (TPSA) is 16.4 Å². The molecule has 54 heavy (non-hydrogen) atoms. The molecule has 10 aromatic carbocycles. The molecule has 11 rings (SSSR count). The summed E-state index contributed by atoms with van der Waals surface area (Å²) in [6.07, 6.45) is 0. The van der Waals surface area contributed by atoms with Crippen LogP contribution in [0, 0.1) is 0 Å². The Bertz CT molecular complexity index is 3230. The van der Waals surface area contributed by atoms with Crippen LogP contribution < -0.4 is 4.90 Å².